The fourth-order valence-electron chi connectivity index (χ4n) is 3.23. The number of aromatic nitrogens is 1. The van der Waals surface area contributed by atoms with Crippen molar-refractivity contribution in [3.05, 3.63) is 51.3 Å². The zero-order chi connectivity index (χ0) is 20.4. The number of benzene rings is 1. The van der Waals surface area contributed by atoms with Crippen LogP contribution in [0.4, 0.5) is 10.6 Å². The SMILES string of the molecule is CCN1C(=O)N[C@H](c2cc(Br)ccc2OC)C(C(=O)Nc2cc(C)on2)=C1C. The van der Waals surface area contributed by atoms with Crippen molar-refractivity contribution in [1.29, 1.82) is 0 Å². The largest absolute Gasteiger partial charge is 0.496 e. The number of halogens is 1. The molecule has 0 unspecified atom stereocenters. The number of nitrogens with one attached hydrogen (secondary N) is 2. The van der Waals surface area contributed by atoms with Gasteiger partial charge in [0.1, 0.15) is 11.5 Å². The maximum atomic E-state index is 13.1. The molecule has 8 nitrogen and oxygen atoms in total. The van der Waals surface area contributed by atoms with Crippen molar-refractivity contribution in [2.24, 2.45) is 0 Å². The number of hydrogen-bond acceptors (Lipinski definition) is 5. The first-order valence-electron chi connectivity index (χ1n) is 8.72. The Morgan fingerprint density at radius 3 is 2.75 bits per heavy atom. The van der Waals surface area contributed by atoms with E-state index in [2.05, 4.69) is 31.7 Å². The third-order valence-corrected chi connectivity index (χ3v) is 5.02. The van der Waals surface area contributed by atoms with Crippen molar-refractivity contribution in [3.8, 4) is 5.75 Å². The normalized spacial score (nSPS) is 16.8. The molecule has 0 aliphatic carbocycles. The van der Waals surface area contributed by atoms with Gasteiger partial charge < -0.3 is 19.9 Å². The second kappa shape index (κ2) is 8.05. The Balaban J connectivity index is 2.09. The summed E-state index contributed by atoms with van der Waals surface area (Å²) in [5, 5.41) is 9.47. The first-order chi connectivity index (χ1) is 13.3. The van der Waals surface area contributed by atoms with Gasteiger partial charge in [0.2, 0.25) is 0 Å². The smallest absolute Gasteiger partial charge is 0.322 e. The van der Waals surface area contributed by atoms with Gasteiger partial charge in [-0.2, -0.15) is 0 Å². The lowest BCUT2D eigenvalue weighted by atomic mass is 9.93. The second-order valence-corrected chi connectivity index (χ2v) is 7.20. The van der Waals surface area contributed by atoms with E-state index in [1.807, 2.05) is 19.1 Å². The summed E-state index contributed by atoms with van der Waals surface area (Å²) in [5.41, 5.74) is 1.64. The Bertz CT molecular complexity index is 953. The summed E-state index contributed by atoms with van der Waals surface area (Å²) in [6, 6.07) is 6.11. The van der Waals surface area contributed by atoms with E-state index in [9.17, 15) is 9.59 Å². The number of amides is 3. The highest BCUT2D eigenvalue weighted by Gasteiger charge is 2.36. The Kier molecular flexibility index (Phi) is 5.73. The van der Waals surface area contributed by atoms with E-state index in [-0.39, 0.29) is 11.9 Å². The van der Waals surface area contributed by atoms with Crippen LogP contribution in [0.15, 0.2) is 44.5 Å². The fraction of sp³-hybridized carbons (Fsp3) is 0.316. The molecule has 0 radical (unpaired) electrons. The van der Waals surface area contributed by atoms with Gasteiger partial charge in [0.15, 0.2) is 5.82 Å². The summed E-state index contributed by atoms with van der Waals surface area (Å²) < 4.78 is 11.3. The van der Waals surface area contributed by atoms with Crippen molar-refractivity contribution in [2.75, 3.05) is 19.0 Å². The fourth-order valence-corrected chi connectivity index (χ4v) is 3.61. The summed E-state index contributed by atoms with van der Waals surface area (Å²) in [6.45, 7) is 5.77. The molecule has 1 aromatic heterocycles. The molecule has 0 fully saturated rings. The highest BCUT2D eigenvalue weighted by Crippen LogP contribution is 2.37. The monoisotopic (exact) mass is 448 g/mol. The standard InChI is InChI=1S/C19H21BrN4O4/c1-5-24-11(3)16(18(25)21-15-8-10(2)28-23-15)17(22-19(24)26)13-9-12(20)6-7-14(13)27-4/h6-9,17H,5H2,1-4H3,(H,22,26)(H,21,23,25)/t17-/m1/s1. The van der Waals surface area contributed by atoms with Gasteiger partial charge in [0, 0.05) is 28.3 Å². The molecule has 0 saturated heterocycles. The number of carbonyl (C=O) groups is 2. The lowest BCUT2D eigenvalue weighted by molar-refractivity contribution is -0.113. The second-order valence-electron chi connectivity index (χ2n) is 6.29. The van der Waals surface area contributed by atoms with E-state index in [1.165, 1.54) is 4.90 Å². The van der Waals surface area contributed by atoms with Gasteiger partial charge in [-0.3, -0.25) is 9.69 Å². The first kappa shape index (κ1) is 19.9. The van der Waals surface area contributed by atoms with E-state index in [0.29, 0.717) is 40.7 Å². The minimum atomic E-state index is -0.684. The van der Waals surface area contributed by atoms with Gasteiger partial charge in [-0.05, 0) is 39.0 Å². The van der Waals surface area contributed by atoms with Crippen LogP contribution in [0, 0.1) is 6.92 Å². The average molecular weight is 449 g/mol. The third kappa shape index (κ3) is 3.75. The molecule has 1 aromatic carbocycles. The number of methoxy groups -OCH3 is 1. The quantitative estimate of drug-likeness (QED) is 0.725. The van der Waals surface area contributed by atoms with Crippen LogP contribution in [0.1, 0.15) is 31.2 Å². The molecule has 3 rings (SSSR count). The van der Waals surface area contributed by atoms with Crippen molar-refractivity contribution in [1.82, 2.24) is 15.4 Å². The molecule has 28 heavy (non-hydrogen) atoms. The Labute approximate surface area is 171 Å². The molecular formula is C19H21BrN4O4. The van der Waals surface area contributed by atoms with Gasteiger partial charge in [-0.25, -0.2) is 4.79 Å². The molecule has 0 spiro atoms. The van der Waals surface area contributed by atoms with Crippen LogP contribution in [0.25, 0.3) is 0 Å². The molecule has 2 heterocycles. The maximum Gasteiger partial charge on any atom is 0.322 e. The number of hydrogen-bond donors (Lipinski definition) is 2. The zero-order valence-electron chi connectivity index (χ0n) is 16.0. The summed E-state index contributed by atoms with van der Waals surface area (Å²) in [7, 11) is 1.55. The molecule has 2 N–H and O–H groups in total. The van der Waals surface area contributed by atoms with Crippen LogP contribution in [-0.4, -0.2) is 35.6 Å². The summed E-state index contributed by atoms with van der Waals surface area (Å²) in [5.74, 6) is 1.08. The summed E-state index contributed by atoms with van der Waals surface area (Å²) in [4.78, 5) is 27.3. The van der Waals surface area contributed by atoms with Gasteiger partial charge >= 0.3 is 6.03 Å². The lowest BCUT2D eigenvalue weighted by Crippen LogP contribution is -2.48. The predicted molar refractivity (Wildman–Crippen MR) is 107 cm³/mol. The lowest BCUT2D eigenvalue weighted by Gasteiger charge is -2.35. The van der Waals surface area contributed by atoms with Crippen molar-refractivity contribution in [2.45, 2.75) is 26.8 Å². The van der Waals surface area contributed by atoms with Crippen LogP contribution in [0.3, 0.4) is 0 Å². The number of anilines is 1. The summed E-state index contributed by atoms with van der Waals surface area (Å²) in [6.07, 6.45) is 0. The van der Waals surface area contributed by atoms with E-state index in [4.69, 9.17) is 9.26 Å². The Morgan fingerprint density at radius 2 is 2.14 bits per heavy atom. The number of ether oxygens (including phenoxy) is 1. The summed E-state index contributed by atoms with van der Waals surface area (Å²) >= 11 is 3.44. The van der Waals surface area contributed by atoms with Crippen LogP contribution in [0.5, 0.6) is 5.75 Å². The van der Waals surface area contributed by atoms with Crippen molar-refractivity contribution >= 4 is 33.7 Å². The van der Waals surface area contributed by atoms with Gasteiger partial charge in [-0.15, -0.1) is 0 Å². The Morgan fingerprint density at radius 1 is 1.39 bits per heavy atom. The van der Waals surface area contributed by atoms with Crippen LogP contribution in [-0.2, 0) is 4.79 Å². The number of aryl methyl sites for hydroxylation is 1. The van der Waals surface area contributed by atoms with Crippen LogP contribution in [0.2, 0.25) is 0 Å². The first-order valence-corrected chi connectivity index (χ1v) is 9.51. The number of urea groups is 1. The van der Waals surface area contributed by atoms with Crippen molar-refractivity contribution < 1.29 is 18.8 Å². The average Bonchev–Trinajstić information content (AvgIpc) is 3.06. The number of rotatable bonds is 5. The minimum absolute atomic E-state index is 0.277. The van der Waals surface area contributed by atoms with Gasteiger partial charge in [0.25, 0.3) is 5.91 Å². The molecule has 1 atom stereocenters. The third-order valence-electron chi connectivity index (χ3n) is 4.53. The van der Waals surface area contributed by atoms with E-state index >= 15 is 0 Å². The topological polar surface area (TPSA) is 96.7 Å². The molecule has 9 heteroatoms. The molecule has 3 amide bonds. The van der Waals surface area contributed by atoms with E-state index < -0.39 is 6.04 Å². The molecule has 1 aliphatic heterocycles. The highest BCUT2D eigenvalue weighted by molar-refractivity contribution is 9.10. The van der Waals surface area contributed by atoms with Gasteiger partial charge in [-0.1, -0.05) is 21.1 Å². The molecule has 1 aliphatic rings. The van der Waals surface area contributed by atoms with E-state index in [0.717, 1.165) is 4.47 Å². The minimum Gasteiger partial charge on any atom is -0.496 e. The van der Waals surface area contributed by atoms with Gasteiger partial charge in [0.05, 0.1) is 18.7 Å². The highest BCUT2D eigenvalue weighted by atomic mass is 79.9. The predicted octanol–water partition coefficient (Wildman–Crippen LogP) is 3.75. The molecule has 0 bridgehead atoms. The molecule has 0 saturated carbocycles. The molecule has 2 aromatic rings. The van der Waals surface area contributed by atoms with Crippen LogP contribution < -0.4 is 15.4 Å². The number of allylic oxidation sites excluding steroid dienone is 1. The van der Waals surface area contributed by atoms with Crippen LogP contribution >= 0.6 is 15.9 Å². The molecular weight excluding hydrogens is 428 g/mol. The van der Waals surface area contributed by atoms with E-state index in [1.54, 1.807) is 33.1 Å². The maximum absolute atomic E-state index is 13.1. The Hall–Kier alpha value is -2.81. The molecule has 148 valence electrons. The number of carbonyl (C=O) groups excluding carboxylic acids is 2. The zero-order valence-corrected chi connectivity index (χ0v) is 17.6. The van der Waals surface area contributed by atoms with Crippen molar-refractivity contribution in [3.63, 3.8) is 0 Å². The number of nitrogens with zero attached hydrogens (tertiary/aromatic N) is 2.